The van der Waals surface area contributed by atoms with Crippen LogP contribution in [0, 0.1) is 6.92 Å². The number of anilines is 1. The lowest BCUT2D eigenvalue weighted by Gasteiger charge is -2.26. The molecule has 0 aromatic carbocycles. The van der Waals surface area contributed by atoms with E-state index in [-0.39, 0.29) is 5.75 Å². The summed E-state index contributed by atoms with van der Waals surface area (Å²) in [4.78, 5) is 2.14. The average Bonchev–Trinajstić information content (AvgIpc) is 2.73. The first-order chi connectivity index (χ1) is 8.55. The minimum Gasteiger partial charge on any atom is -0.314 e. The molecule has 0 radical (unpaired) electrons. The van der Waals surface area contributed by atoms with Crippen molar-refractivity contribution in [3.05, 3.63) is 5.01 Å². The zero-order valence-electron chi connectivity index (χ0n) is 10.2. The highest BCUT2D eigenvalue weighted by atomic mass is 32.2. The summed E-state index contributed by atoms with van der Waals surface area (Å²) in [6.07, 6.45) is 0. The summed E-state index contributed by atoms with van der Waals surface area (Å²) in [6.45, 7) is 5.97. The predicted octanol–water partition coefficient (Wildman–Crippen LogP) is -0.507. The van der Waals surface area contributed by atoms with Crippen molar-refractivity contribution in [2.45, 2.75) is 6.92 Å². The Labute approximate surface area is 111 Å². The molecule has 0 atom stereocenters. The van der Waals surface area contributed by atoms with Gasteiger partial charge in [0.05, 0.1) is 5.75 Å². The molecule has 0 amide bonds. The molecule has 102 valence electrons. The highest BCUT2D eigenvalue weighted by molar-refractivity contribution is 7.92. The summed E-state index contributed by atoms with van der Waals surface area (Å²) in [5, 5.41) is 11.8. The lowest BCUT2D eigenvalue weighted by Crippen LogP contribution is -2.45. The molecule has 0 aliphatic carbocycles. The van der Waals surface area contributed by atoms with E-state index in [1.807, 2.05) is 0 Å². The Morgan fingerprint density at radius 1 is 1.39 bits per heavy atom. The van der Waals surface area contributed by atoms with E-state index in [0.717, 1.165) is 31.2 Å². The number of sulfonamides is 1. The summed E-state index contributed by atoms with van der Waals surface area (Å²) in [5.41, 5.74) is 0. The van der Waals surface area contributed by atoms with Crippen LogP contribution in [0.2, 0.25) is 0 Å². The molecule has 1 aliphatic heterocycles. The van der Waals surface area contributed by atoms with Crippen molar-refractivity contribution < 1.29 is 8.42 Å². The molecule has 1 aromatic rings. The smallest absolute Gasteiger partial charge is 0.235 e. The summed E-state index contributed by atoms with van der Waals surface area (Å²) >= 11 is 1.24. The first-order valence-corrected chi connectivity index (χ1v) is 8.26. The fourth-order valence-corrected chi connectivity index (χ4v) is 3.60. The van der Waals surface area contributed by atoms with E-state index in [9.17, 15) is 8.42 Å². The first kappa shape index (κ1) is 13.7. The average molecular weight is 291 g/mol. The Hall–Kier alpha value is -0.770. The number of aryl methyl sites for hydroxylation is 1. The van der Waals surface area contributed by atoms with Crippen molar-refractivity contribution in [1.29, 1.82) is 0 Å². The van der Waals surface area contributed by atoms with E-state index < -0.39 is 10.0 Å². The quantitative estimate of drug-likeness (QED) is 0.760. The van der Waals surface area contributed by atoms with Crippen LogP contribution >= 0.6 is 11.3 Å². The minimum absolute atomic E-state index is 0.0889. The summed E-state index contributed by atoms with van der Waals surface area (Å²) in [7, 11) is -3.32. The van der Waals surface area contributed by atoms with Crippen LogP contribution in [-0.2, 0) is 10.0 Å². The van der Waals surface area contributed by atoms with Gasteiger partial charge in [0.2, 0.25) is 15.2 Å². The van der Waals surface area contributed by atoms with Gasteiger partial charge in [-0.25, -0.2) is 8.42 Å². The van der Waals surface area contributed by atoms with Crippen LogP contribution in [0.3, 0.4) is 0 Å². The van der Waals surface area contributed by atoms with Gasteiger partial charge in [-0.1, -0.05) is 11.3 Å². The third-order valence-corrected chi connectivity index (χ3v) is 4.76. The maximum Gasteiger partial charge on any atom is 0.235 e. The fourth-order valence-electron chi connectivity index (χ4n) is 1.71. The van der Waals surface area contributed by atoms with Gasteiger partial charge in [-0.05, 0) is 6.92 Å². The van der Waals surface area contributed by atoms with E-state index in [1.54, 1.807) is 6.92 Å². The SMILES string of the molecule is Cc1nnc(NS(=O)(=O)CCN2CCNCC2)s1. The van der Waals surface area contributed by atoms with Crippen LogP contribution in [0.5, 0.6) is 0 Å². The van der Waals surface area contributed by atoms with Gasteiger partial charge in [0.25, 0.3) is 0 Å². The maximum atomic E-state index is 11.8. The standard InChI is InChI=1S/C9H17N5O2S2/c1-8-11-12-9(17-8)13-18(15,16)7-6-14-4-2-10-3-5-14/h10H,2-7H2,1H3,(H,12,13). The van der Waals surface area contributed by atoms with Crippen LogP contribution in [0.1, 0.15) is 5.01 Å². The van der Waals surface area contributed by atoms with Crippen molar-refractivity contribution in [2.75, 3.05) is 43.2 Å². The van der Waals surface area contributed by atoms with Crippen LogP contribution < -0.4 is 10.0 Å². The second-order valence-electron chi connectivity index (χ2n) is 4.14. The van der Waals surface area contributed by atoms with Crippen LogP contribution in [0.4, 0.5) is 5.13 Å². The molecule has 1 fully saturated rings. The normalized spacial score (nSPS) is 17.8. The second-order valence-corrected chi connectivity index (χ2v) is 7.16. The molecular weight excluding hydrogens is 274 g/mol. The molecule has 2 heterocycles. The summed E-state index contributed by atoms with van der Waals surface area (Å²) in [5.74, 6) is 0.0889. The number of piperazine rings is 1. The van der Waals surface area contributed by atoms with Crippen molar-refractivity contribution in [1.82, 2.24) is 20.4 Å². The highest BCUT2D eigenvalue weighted by Crippen LogP contribution is 2.15. The lowest BCUT2D eigenvalue weighted by atomic mass is 10.4. The lowest BCUT2D eigenvalue weighted by molar-refractivity contribution is 0.254. The Balaban J connectivity index is 1.83. The molecule has 9 heteroatoms. The molecule has 7 nitrogen and oxygen atoms in total. The molecule has 1 aliphatic rings. The molecule has 1 saturated heterocycles. The Morgan fingerprint density at radius 2 is 2.11 bits per heavy atom. The largest absolute Gasteiger partial charge is 0.314 e. The van der Waals surface area contributed by atoms with Gasteiger partial charge < -0.3 is 5.32 Å². The molecule has 18 heavy (non-hydrogen) atoms. The first-order valence-electron chi connectivity index (χ1n) is 5.79. The summed E-state index contributed by atoms with van der Waals surface area (Å²) in [6, 6.07) is 0. The van der Waals surface area contributed by atoms with Crippen LogP contribution in [0.15, 0.2) is 0 Å². The van der Waals surface area contributed by atoms with Gasteiger partial charge in [-0.2, -0.15) is 0 Å². The number of hydrogen-bond acceptors (Lipinski definition) is 7. The van der Waals surface area contributed by atoms with Gasteiger partial charge in [-0.3, -0.25) is 9.62 Å². The summed E-state index contributed by atoms with van der Waals surface area (Å²) < 4.78 is 26.1. The molecule has 2 rings (SSSR count). The molecular formula is C9H17N5O2S2. The zero-order chi connectivity index (χ0) is 13.0. The second kappa shape index (κ2) is 5.91. The van der Waals surface area contributed by atoms with Crippen LogP contribution in [-0.4, -0.2) is 62.0 Å². The third kappa shape index (κ3) is 4.16. The molecule has 2 N–H and O–H groups in total. The van der Waals surface area contributed by atoms with Crippen LogP contribution in [0.25, 0.3) is 0 Å². The van der Waals surface area contributed by atoms with E-state index in [2.05, 4.69) is 25.1 Å². The van der Waals surface area contributed by atoms with Gasteiger partial charge in [0.15, 0.2) is 0 Å². The molecule has 0 saturated carbocycles. The Bertz CT molecular complexity index is 481. The van der Waals surface area contributed by atoms with Crippen molar-refractivity contribution >= 4 is 26.5 Å². The van der Waals surface area contributed by atoms with E-state index in [0.29, 0.717) is 11.7 Å². The highest BCUT2D eigenvalue weighted by Gasteiger charge is 2.16. The van der Waals surface area contributed by atoms with Crippen molar-refractivity contribution in [3.63, 3.8) is 0 Å². The van der Waals surface area contributed by atoms with E-state index in [1.165, 1.54) is 11.3 Å². The number of rotatable bonds is 5. The predicted molar refractivity (Wildman–Crippen MR) is 71.4 cm³/mol. The number of nitrogens with one attached hydrogen (secondary N) is 2. The topological polar surface area (TPSA) is 87.2 Å². The molecule has 0 unspecified atom stereocenters. The van der Waals surface area contributed by atoms with Crippen molar-refractivity contribution in [3.8, 4) is 0 Å². The van der Waals surface area contributed by atoms with Gasteiger partial charge >= 0.3 is 0 Å². The Kier molecular flexibility index (Phi) is 4.49. The monoisotopic (exact) mass is 291 g/mol. The molecule has 1 aromatic heterocycles. The fraction of sp³-hybridized carbons (Fsp3) is 0.778. The number of nitrogens with zero attached hydrogens (tertiary/aromatic N) is 3. The van der Waals surface area contributed by atoms with E-state index in [4.69, 9.17) is 0 Å². The van der Waals surface area contributed by atoms with E-state index >= 15 is 0 Å². The van der Waals surface area contributed by atoms with Gasteiger partial charge in [0.1, 0.15) is 5.01 Å². The third-order valence-electron chi connectivity index (χ3n) is 2.65. The van der Waals surface area contributed by atoms with Gasteiger partial charge in [-0.15, -0.1) is 10.2 Å². The van der Waals surface area contributed by atoms with Gasteiger partial charge in [0, 0.05) is 32.7 Å². The Morgan fingerprint density at radius 3 is 2.72 bits per heavy atom. The zero-order valence-corrected chi connectivity index (χ0v) is 11.9. The molecule has 0 spiro atoms. The number of hydrogen-bond donors (Lipinski definition) is 2. The minimum atomic E-state index is -3.32. The number of aromatic nitrogens is 2. The maximum absolute atomic E-state index is 11.8. The molecule has 0 bridgehead atoms. The van der Waals surface area contributed by atoms with Crippen molar-refractivity contribution in [2.24, 2.45) is 0 Å².